The molecule has 4 nitrogen and oxygen atoms in total. The van der Waals surface area contributed by atoms with Gasteiger partial charge in [-0.1, -0.05) is 30.8 Å². The lowest BCUT2D eigenvalue weighted by molar-refractivity contribution is -0.113. The van der Waals surface area contributed by atoms with E-state index in [2.05, 4.69) is 44.3 Å². The molecule has 0 atom stereocenters. The van der Waals surface area contributed by atoms with Crippen LogP contribution in [0.5, 0.6) is 5.75 Å². The van der Waals surface area contributed by atoms with E-state index in [1.54, 1.807) is 7.11 Å². The van der Waals surface area contributed by atoms with Crippen LogP contribution in [0.1, 0.15) is 23.6 Å². The fourth-order valence-corrected chi connectivity index (χ4v) is 3.80. The molecular formula is C22H24N2O2S. The van der Waals surface area contributed by atoms with Gasteiger partial charge in [-0.05, 0) is 67.3 Å². The number of hydrogen-bond donors (Lipinski definition) is 1. The number of nitrogens with one attached hydrogen (secondary N) is 1. The van der Waals surface area contributed by atoms with Gasteiger partial charge >= 0.3 is 0 Å². The predicted molar refractivity (Wildman–Crippen MR) is 113 cm³/mol. The molecule has 1 amide bonds. The van der Waals surface area contributed by atoms with Crippen LogP contribution in [0.25, 0.3) is 10.9 Å². The van der Waals surface area contributed by atoms with Crippen molar-refractivity contribution in [3.05, 3.63) is 59.2 Å². The molecule has 0 aliphatic heterocycles. The fourth-order valence-electron chi connectivity index (χ4n) is 2.91. The van der Waals surface area contributed by atoms with E-state index in [0.717, 1.165) is 22.3 Å². The number of aromatic nitrogens is 1. The van der Waals surface area contributed by atoms with Crippen LogP contribution in [0.3, 0.4) is 0 Å². The number of carbonyl (C=O) groups is 1. The quantitative estimate of drug-likeness (QED) is 0.601. The summed E-state index contributed by atoms with van der Waals surface area (Å²) in [5.74, 6) is 0.877. The number of hydrogen-bond acceptors (Lipinski definition) is 4. The van der Waals surface area contributed by atoms with E-state index >= 15 is 0 Å². The summed E-state index contributed by atoms with van der Waals surface area (Å²) >= 11 is 1.47. The van der Waals surface area contributed by atoms with E-state index in [0.29, 0.717) is 17.2 Å². The zero-order valence-electron chi connectivity index (χ0n) is 16.1. The number of benzene rings is 2. The highest BCUT2D eigenvalue weighted by molar-refractivity contribution is 8.00. The summed E-state index contributed by atoms with van der Waals surface area (Å²) in [5, 5.41) is 4.98. The van der Waals surface area contributed by atoms with Crippen molar-refractivity contribution in [2.24, 2.45) is 0 Å². The largest absolute Gasteiger partial charge is 0.495 e. The van der Waals surface area contributed by atoms with Gasteiger partial charge < -0.3 is 10.1 Å². The third-order valence-corrected chi connectivity index (χ3v) is 5.60. The lowest BCUT2D eigenvalue weighted by Gasteiger charge is -2.12. The maximum atomic E-state index is 12.4. The number of aryl methyl sites for hydroxylation is 3. The van der Waals surface area contributed by atoms with Gasteiger partial charge in [-0.2, -0.15) is 0 Å². The Hall–Kier alpha value is -2.53. The zero-order chi connectivity index (χ0) is 19.4. The minimum Gasteiger partial charge on any atom is -0.495 e. The zero-order valence-corrected chi connectivity index (χ0v) is 16.9. The number of anilines is 1. The molecule has 0 aliphatic rings. The van der Waals surface area contributed by atoms with Gasteiger partial charge in [0, 0.05) is 5.39 Å². The second-order valence-electron chi connectivity index (χ2n) is 6.47. The third kappa shape index (κ3) is 4.42. The monoisotopic (exact) mass is 380 g/mol. The SMILES string of the molecule is CCc1cc2cc(C)c(C)cc2nc1SCC(=O)Nc1ccccc1OC. The molecule has 2 aromatic carbocycles. The molecule has 0 saturated heterocycles. The molecule has 0 radical (unpaired) electrons. The van der Waals surface area contributed by atoms with Crippen LogP contribution in [-0.4, -0.2) is 23.8 Å². The number of nitrogens with zero attached hydrogens (tertiary/aromatic N) is 1. The first-order valence-corrected chi connectivity index (χ1v) is 9.97. The number of fused-ring (bicyclic) bond motifs is 1. The molecule has 0 bridgehead atoms. The number of methoxy groups -OCH3 is 1. The van der Waals surface area contributed by atoms with E-state index in [9.17, 15) is 4.79 Å². The van der Waals surface area contributed by atoms with Crippen molar-refractivity contribution in [3.8, 4) is 5.75 Å². The molecule has 0 saturated carbocycles. The van der Waals surface area contributed by atoms with Crippen molar-refractivity contribution in [2.75, 3.05) is 18.2 Å². The van der Waals surface area contributed by atoms with Crippen molar-refractivity contribution in [2.45, 2.75) is 32.2 Å². The average molecular weight is 381 g/mol. The molecule has 27 heavy (non-hydrogen) atoms. The normalized spacial score (nSPS) is 10.8. The van der Waals surface area contributed by atoms with Gasteiger partial charge in [0.25, 0.3) is 0 Å². The number of amides is 1. The molecule has 0 fully saturated rings. The van der Waals surface area contributed by atoms with Gasteiger partial charge in [0.15, 0.2) is 0 Å². The molecule has 1 aromatic heterocycles. The Labute approximate surface area is 164 Å². The molecule has 1 N–H and O–H groups in total. The van der Waals surface area contributed by atoms with Crippen LogP contribution in [0.2, 0.25) is 0 Å². The molecule has 5 heteroatoms. The lowest BCUT2D eigenvalue weighted by Crippen LogP contribution is -2.15. The van der Waals surface area contributed by atoms with Gasteiger partial charge in [-0.15, -0.1) is 0 Å². The highest BCUT2D eigenvalue weighted by Crippen LogP contribution is 2.28. The smallest absolute Gasteiger partial charge is 0.234 e. The molecule has 140 valence electrons. The second kappa shape index (κ2) is 8.44. The number of pyridine rings is 1. The third-order valence-electron chi connectivity index (χ3n) is 4.57. The van der Waals surface area contributed by atoms with E-state index in [-0.39, 0.29) is 5.91 Å². The predicted octanol–water partition coefficient (Wildman–Crippen LogP) is 5.15. The standard InChI is InChI=1S/C22H24N2O2S/c1-5-16-12-17-10-14(2)15(3)11-19(17)24-22(16)27-13-21(25)23-18-8-6-7-9-20(18)26-4/h6-12H,5,13H2,1-4H3,(H,23,25). The number of carbonyl (C=O) groups excluding carboxylic acids is 1. The highest BCUT2D eigenvalue weighted by Gasteiger charge is 2.12. The molecule has 3 aromatic rings. The van der Waals surface area contributed by atoms with Crippen LogP contribution < -0.4 is 10.1 Å². The first kappa shape index (κ1) is 19.2. The Kier molecular flexibility index (Phi) is 6.01. The molecule has 1 heterocycles. The van der Waals surface area contributed by atoms with Crippen LogP contribution in [-0.2, 0) is 11.2 Å². The van der Waals surface area contributed by atoms with Crippen LogP contribution in [0.15, 0.2) is 47.5 Å². The van der Waals surface area contributed by atoms with E-state index in [1.807, 2.05) is 24.3 Å². The molecule has 3 rings (SSSR count). The number of thioether (sulfide) groups is 1. The molecule has 0 aliphatic carbocycles. The Morgan fingerprint density at radius 2 is 1.89 bits per heavy atom. The maximum absolute atomic E-state index is 12.4. The Morgan fingerprint density at radius 1 is 1.15 bits per heavy atom. The van der Waals surface area contributed by atoms with Crippen LogP contribution in [0, 0.1) is 13.8 Å². The topological polar surface area (TPSA) is 51.2 Å². The first-order chi connectivity index (χ1) is 13.0. The van der Waals surface area contributed by atoms with Crippen molar-refractivity contribution in [1.29, 1.82) is 0 Å². The molecular weight excluding hydrogens is 356 g/mol. The van der Waals surface area contributed by atoms with Gasteiger partial charge in [0.2, 0.25) is 5.91 Å². The van der Waals surface area contributed by atoms with Gasteiger partial charge in [0.1, 0.15) is 10.8 Å². The maximum Gasteiger partial charge on any atom is 0.234 e. The summed E-state index contributed by atoms with van der Waals surface area (Å²) < 4.78 is 5.28. The summed E-state index contributed by atoms with van der Waals surface area (Å²) in [4.78, 5) is 17.2. The fraction of sp³-hybridized carbons (Fsp3) is 0.273. The summed E-state index contributed by atoms with van der Waals surface area (Å²) in [7, 11) is 1.59. The summed E-state index contributed by atoms with van der Waals surface area (Å²) in [6.45, 7) is 6.33. The Bertz CT molecular complexity index is 985. The van der Waals surface area contributed by atoms with Crippen LogP contribution >= 0.6 is 11.8 Å². The molecule has 0 unspecified atom stereocenters. The van der Waals surface area contributed by atoms with E-state index < -0.39 is 0 Å². The van der Waals surface area contributed by atoms with E-state index in [1.165, 1.54) is 28.5 Å². The Balaban J connectivity index is 1.77. The van der Waals surface area contributed by atoms with Crippen molar-refractivity contribution >= 4 is 34.3 Å². The number of ether oxygens (including phenoxy) is 1. The van der Waals surface area contributed by atoms with Crippen molar-refractivity contribution in [1.82, 2.24) is 4.98 Å². The van der Waals surface area contributed by atoms with Crippen molar-refractivity contribution in [3.63, 3.8) is 0 Å². The summed E-state index contributed by atoms with van der Waals surface area (Å²) in [6, 6.07) is 13.9. The number of rotatable bonds is 6. The van der Waals surface area contributed by atoms with Crippen molar-refractivity contribution < 1.29 is 9.53 Å². The summed E-state index contributed by atoms with van der Waals surface area (Å²) in [5.41, 5.74) is 5.31. The highest BCUT2D eigenvalue weighted by atomic mass is 32.2. The average Bonchev–Trinajstić information content (AvgIpc) is 2.67. The van der Waals surface area contributed by atoms with Crippen LogP contribution in [0.4, 0.5) is 5.69 Å². The van der Waals surface area contributed by atoms with Gasteiger partial charge in [0.05, 0.1) is 24.1 Å². The van der Waals surface area contributed by atoms with Gasteiger partial charge in [-0.25, -0.2) is 4.98 Å². The Morgan fingerprint density at radius 3 is 2.63 bits per heavy atom. The lowest BCUT2D eigenvalue weighted by atomic mass is 10.0. The molecule has 0 spiro atoms. The summed E-state index contributed by atoms with van der Waals surface area (Å²) in [6.07, 6.45) is 0.881. The minimum atomic E-state index is -0.0754. The second-order valence-corrected chi connectivity index (χ2v) is 7.44. The minimum absolute atomic E-state index is 0.0754. The first-order valence-electron chi connectivity index (χ1n) is 8.98. The number of para-hydroxylation sites is 2. The van der Waals surface area contributed by atoms with Gasteiger partial charge in [-0.3, -0.25) is 4.79 Å². The van der Waals surface area contributed by atoms with E-state index in [4.69, 9.17) is 9.72 Å².